The molecule has 0 aliphatic rings. The lowest BCUT2D eigenvalue weighted by Gasteiger charge is -2.18. The summed E-state index contributed by atoms with van der Waals surface area (Å²) in [6, 6.07) is 0. The van der Waals surface area contributed by atoms with E-state index in [1.165, 1.54) is 4.91 Å². The molecule has 0 nitrogen and oxygen atoms in total. The van der Waals surface area contributed by atoms with E-state index in [1.54, 1.807) is 0 Å². The Hall–Kier alpha value is 0.0900. The molecule has 0 heterocycles. The zero-order chi connectivity index (χ0) is 9.07. The lowest BCUT2D eigenvalue weighted by Crippen LogP contribution is -2.04. The van der Waals surface area contributed by atoms with Crippen LogP contribution in [0.25, 0.3) is 0 Å². The number of thiol groups is 1. The van der Waals surface area contributed by atoms with E-state index in [0.29, 0.717) is 11.3 Å². The third-order valence-electron chi connectivity index (χ3n) is 1.24. The lowest BCUT2D eigenvalue weighted by molar-refractivity contribution is 0.417. The maximum atomic E-state index is 4.42. The van der Waals surface area contributed by atoms with E-state index in [1.807, 2.05) is 0 Å². The third kappa shape index (κ3) is 7.99. The molecule has 0 unspecified atom stereocenters. The lowest BCUT2D eigenvalue weighted by atomic mass is 9.91. The molecule has 0 aliphatic carbocycles. The summed E-state index contributed by atoms with van der Waals surface area (Å²) in [5, 5.41) is 0. The van der Waals surface area contributed by atoms with Crippen LogP contribution in [0.3, 0.4) is 0 Å². The Morgan fingerprint density at radius 2 is 1.82 bits per heavy atom. The van der Waals surface area contributed by atoms with Crippen molar-refractivity contribution in [2.75, 3.05) is 0 Å². The molecule has 0 atom stereocenters. The van der Waals surface area contributed by atoms with E-state index in [-0.39, 0.29) is 0 Å². The Morgan fingerprint density at radius 1 is 1.36 bits per heavy atom. The Balaban J connectivity index is 3.97. The van der Waals surface area contributed by atoms with Crippen molar-refractivity contribution in [3.63, 3.8) is 0 Å². The van der Waals surface area contributed by atoms with Crippen molar-refractivity contribution in [1.82, 2.24) is 0 Å². The van der Waals surface area contributed by atoms with Crippen molar-refractivity contribution in [3.8, 4) is 0 Å². The largest absolute Gasteiger partial charge is 0.148 e. The maximum absolute atomic E-state index is 4.42. The van der Waals surface area contributed by atoms with Crippen LogP contribution in [0.2, 0.25) is 0 Å². The third-order valence-corrected chi connectivity index (χ3v) is 1.54. The van der Waals surface area contributed by atoms with Gasteiger partial charge in [0.05, 0.1) is 0 Å². The smallest absolute Gasteiger partial charge is 0.0175 e. The number of hydrogen-bond donors (Lipinski definition) is 1. The van der Waals surface area contributed by atoms with Crippen LogP contribution in [0.4, 0.5) is 0 Å². The zero-order valence-corrected chi connectivity index (χ0v) is 9.20. The van der Waals surface area contributed by atoms with Crippen molar-refractivity contribution in [1.29, 1.82) is 0 Å². The molecule has 0 aromatic rings. The zero-order valence-electron chi connectivity index (χ0n) is 8.31. The van der Waals surface area contributed by atoms with Gasteiger partial charge in [0.15, 0.2) is 0 Å². The highest BCUT2D eigenvalue weighted by Gasteiger charge is 2.10. The van der Waals surface area contributed by atoms with Gasteiger partial charge in [-0.15, -0.1) is 12.6 Å². The monoisotopic (exact) mass is 172 g/mol. The molecule has 0 radical (unpaired) electrons. The van der Waals surface area contributed by atoms with Crippen LogP contribution in [0.1, 0.15) is 41.0 Å². The minimum absolute atomic E-state index is 0.364. The van der Waals surface area contributed by atoms with Gasteiger partial charge in [-0.1, -0.05) is 40.7 Å². The molecule has 0 aromatic carbocycles. The van der Waals surface area contributed by atoms with E-state index >= 15 is 0 Å². The van der Waals surface area contributed by atoms with Crippen LogP contribution in [0, 0.1) is 11.3 Å². The van der Waals surface area contributed by atoms with Crippen molar-refractivity contribution in [2.45, 2.75) is 41.0 Å². The molecule has 0 aromatic heterocycles. The molecular weight excluding hydrogens is 152 g/mol. The average Bonchev–Trinajstić information content (AvgIpc) is 1.53. The average molecular weight is 172 g/mol. The van der Waals surface area contributed by atoms with Crippen molar-refractivity contribution >= 4 is 12.6 Å². The highest BCUT2D eigenvalue weighted by Crippen LogP contribution is 2.26. The molecule has 11 heavy (non-hydrogen) atoms. The van der Waals surface area contributed by atoms with E-state index in [0.717, 1.165) is 6.42 Å². The summed E-state index contributed by atoms with van der Waals surface area (Å²) in [5.74, 6) is 0.616. The fraction of sp³-hybridized carbons (Fsp3) is 0.800. The normalized spacial score (nSPS) is 14.3. The number of rotatable bonds is 2. The van der Waals surface area contributed by atoms with Gasteiger partial charge in [-0.3, -0.25) is 0 Å². The highest BCUT2D eigenvalue weighted by atomic mass is 32.1. The molecule has 0 spiro atoms. The first-order valence-electron chi connectivity index (χ1n) is 4.21. The van der Waals surface area contributed by atoms with Crippen molar-refractivity contribution in [3.05, 3.63) is 11.0 Å². The molecule has 0 saturated carbocycles. The van der Waals surface area contributed by atoms with Gasteiger partial charge in [0.1, 0.15) is 0 Å². The minimum atomic E-state index is 0.364. The van der Waals surface area contributed by atoms with Gasteiger partial charge in [0.2, 0.25) is 0 Å². The van der Waals surface area contributed by atoms with E-state index < -0.39 is 0 Å². The molecular formula is C10H20S. The summed E-state index contributed by atoms with van der Waals surface area (Å²) in [6.45, 7) is 11.1. The molecule has 66 valence electrons. The number of allylic oxidation sites excluding steroid dienone is 2. The van der Waals surface area contributed by atoms with Crippen LogP contribution < -0.4 is 0 Å². The standard InChI is InChI=1S/C10H20S/c1-8(2)6-9(11)7-10(3,4)5/h6,8,11H,7H2,1-5H3/b9-6-. The second kappa shape index (κ2) is 4.20. The van der Waals surface area contributed by atoms with Gasteiger partial charge in [0, 0.05) is 0 Å². The molecule has 0 rings (SSSR count). The molecule has 0 N–H and O–H groups in total. The first-order valence-corrected chi connectivity index (χ1v) is 4.65. The molecule has 0 amide bonds. The van der Waals surface area contributed by atoms with Gasteiger partial charge >= 0.3 is 0 Å². The van der Waals surface area contributed by atoms with E-state index in [4.69, 9.17) is 0 Å². The predicted molar refractivity (Wildman–Crippen MR) is 56.0 cm³/mol. The highest BCUT2D eigenvalue weighted by molar-refractivity contribution is 7.84. The Morgan fingerprint density at radius 3 is 2.09 bits per heavy atom. The summed E-state index contributed by atoms with van der Waals surface area (Å²) < 4.78 is 0. The fourth-order valence-electron chi connectivity index (χ4n) is 0.987. The summed E-state index contributed by atoms with van der Waals surface area (Å²) in [5.41, 5.74) is 0.364. The molecule has 0 fully saturated rings. The first-order chi connectivity index (χ1) is 4.81. The van der Waals surface area contributed by atoms with Gasteiger partial charge in [-0.25, -0.2) is 0 Å². The SMILES string of the molecule is CC(C)/C=C(\S)CC(C)(C)C. The molecule has 0 bridgehead atoms. The number of hydrogen-bond acceptors (Lipinski definition) is 1. The van der Waals surface area contributed by atoms with Crippen LogP contribution in [-0.2, 0) is 0 Å². The maximum Gasteiger partial charge on any atom is -0.0175 e. The summed E-state index contributed by atoms with van der Waals surface area (Å²) in [4.78, 5) is 1.22. The minimum Gasteiger partial charge on any atom is -0.148 e. The molecule has 0 aliphatic heterocycles. The van der Waals surface area contributed by atoms with E-state index in [9.17, 15) is 0 Å². The van der Waals surface area contributed by atoms with Gasteiger partial charge in [-0.2, -0.15) is 0 Å². The summed E-state index contributed by atoms with van der Waals surface area (Å²) in [7, 11) is 0. The Bertz CT molecular complexity index is 137. The van der Waals surface area contributed by atoms with Gasteiger partial charge in [0.25, 0.3) is 0 Å². The molecule has 1 heteroatoms. The summed E-state index contributed by atoms with van der Waals surface area (Å²) in [6.07, 6.45) is 3.29. The van der Waals surface area contributed by atoms with Crippen LogP contribution in [0.5, 0.6) is 0 Å². The Kier molecular flexibility index (Phi) is 4.23. The topological polar surface area (TPSA) is 0 Å². The first kappa shape index (κ1) is 11.1. The van der Waals surface area contributed by atoms with Crippen molar-refractivity contribution in [2.24, 2.45) is 11.3 Å². The quantitative estimate of drug-likeness (QED) is 0.600. The molecule has 0 saturated heterocycles. The van der Waals surface area contributed by atoms with Crippen molar-refractivity contribution < 1.29 is 0 Å². The second-order valence-electron chi connectivity index (χ2n) is 4.64. The van der Waals surface area contributed by atoms with E-state index in [2.05, 4.69) is 53.3 Å². The van der Waals surface area contributed by atoms with Crippen LogP contribution in [-0.4, -0.2) is 0 Å². The Labute approximate surface area is 76.5 Å². The van der Waals surface area contributed by atoms with Crippen LogP contribution >= 0.6 is 12.6 Å². The van der Waals surface area contributed by atoms with Crippen LogP contribution in [0.15, 0.2) is 11.0 Å². The predicted octanol–water partition coefficient (Wildman–Crippen LogP) is 3.89. The fourth-order valence-corrected chi connectivity index (χ4v) is 1.76. The van der Waals surface area contributed by atoms with Gasteiger partial charge in [-0.05, 0) is 22.7 Å². The van der Waals surface area contributed by atoms with Gasteiger partial charge < -0.3 is 0 Å². The second-order valence-corrected chi connectivity index (χ2v) is 5.21. The summed E-state index contributed by atoms with van der Waals surface area (Å²) >= 11 is 4.42.